The van der Waals surface area contributed by atoms with Crippen molar-refractivity contribution in [3.05, 3.63) is 36.2 Å². The van der Waals surface area contributed by atoms with Crippen molar-refractivity contribution in [2.24, 2.45) is 0 Å². The highest BCUT2D eigenvalue weighted by Gasteiger charge is 2.13. The van der Waals surface area contributed by atoms with Crippen molar-refractivity contribution in [3.8, 4) is 6.07 Å². The minimum absolute atomic E-state index is 0.985. The Morgan fingerprint density at radius 2 is 2.20 bits per heavy atom. The molecule has 1 aliphatic heterocycles. The number of piperidine rings is 1. The van der Waals surface area contributed by atoms with Crippen LogP contribution in [0.3, 0.4) is 0 Å². The van der Waals surface area contributed by atoms with Gasteiger partial charge in [0.1, 0.15) is 0 Å². The normalized spacial score (nSPS) is 15.9. The third-order valence-electron chi connectivity index (χ3n) is 2.69. The maximum Gasteiger partial charge on any atom is 0.0911 e. The summed E-state index contributed by atoms with van der Waals surface area (Å²) in [6, 6.07) is 6.13. The number of rotatable bonds is 1. The molecule has 0 aromatic carbocycles. The summed E-state index contributed by atoms with van der Waals surface area (Å²) < 4.78 is 0. The number of anilines is 1. The Bertz CT molecular complexity index is 379. The molecule has 76 valence electrons. The molecule has 1 aromatic rings. The number of allylic oxidation sites excluding steroid dienone is 1. The lowest BCUT2D eigenvalue weighted by molar-refractivity contribution is 0.684. The fourth-order valence-corrected chi connectivity index (χ4v) is 1.83. The van der Waals surface area contributed by atoms with Crippen molar-refractivity contribution in [3.63, 3.8) is 0 Å². The Balaban J connectivity index is 2.01. The lowest BCUT2D eigenvalue weighted by atomic mass is 10.0. The van der Waals surface area contributed by atoms with Gasteiger partial charge in [0, 0.05) is 25.4 Å². The highest BCUT2D eigenvalue weighted by Crippen LogP contribution is 2.21. The van der Waals surface area contributed by atoms with E-state index in [2.05, 4.69) is 22.0 Å². The average Bonchev–Trinajstić information content (AvgIpc) is 2.32. The van der Waals surface area contributed by atoms with Crippen LogP contribution in [0.1, 0.15) is 12.8 Å². The molecule has 2 rings (SSSR count). The molecule has 0 bridgehead atoms. The summed E-state index contributed by atoms with van der Waals surface area (Å²) in [5.41, 5.74) is 2.44. The third-order valence-corrected chi connectivity index (χ3v) is 2.69. The molecular formula is C12H13N3. The van der Waals surface area contributed by atoms with Gasteiger partial charge in [-0.2, -0.15) is 5.26 Å². The lowest BCUT2D eigenvalue weighted by Crippen LogP contribution is -2.30. The van der Waals surface area contributed by atoms with Crippen LogP contribution in [0.5, 0.6) is 0 Å². The number of nitriles is 1. The van der Waals surface area contributed by atoms with Gasteiger partial charge < -0.3 is 4.90 Å². The quantitative estimate of drug-likeness (QED) is 0.650. The van der Waals surface area contributed by atoms with Crippen LogP contribution in [0, 0.1) is 11.3 Å². The van der Waals surface area contributed by atoms with Gasteiger partial charge in [-0.25, -0.2) is 0 Å². The lowest BCUT2D eigenvalue weighted by Gasteiger charge is -2.29. The molecule has 3 heteroatoms. The second-order valence-corrected chi connectivity index (χ2v) is 3.63. The maximum atomic E-state index is 8.55. The van der Waals surface area contributed by atoms with Gasteiger partial charge in [0.25, 0.3) is 0 Å². The van der Waals surface area contributed by atoms with Crippen molar-refractivity contribution in [1.82, 2.24) is 4.98 Å². The summed E-state index contributed by atoms with van der Waals surface area (Å²) >= 11 is 0. The van der Waals surface area contributed by atoms with Gasteiger partial charge >= 0.3 is 0 Å². The first-order chi connectivity index (χ1) is 7.40. The molecule has 3 nitrogen and oxygen atoms in total. The molecule has 0 radical (unpaired) electrons. The number of hydrogen-bond donors (Lipinski definition) is 0. The molecule has 0 atom stereocenters. The summed E-state index contributed by atoms with van der Waals surface area (Å²) in [5, 5.41) is 8.55. The molecule has 1 fully saturated rings. The topological polar surface area (TPSA) is 39.9 Å². The molecule has 0 saturated carbocycles. The van der Waals surface area contributed by atoms with E-state index < -0.39 is 0 Å². The van der Waals surface area contributed by atoms with Crippen LogP contribution in [-0.4, -0.2) is 18.1 Å². The third kappa shape index (κ3) is 2.35. The summed E-state index contributed by atoms with van der Waals surface area (Å²) in [4.78, 5) is 6.41. The zero-order chi connectivity index (χ0) is 10.5. The zero-order valence-corrected chi connectivity index (χ0v) is 8.56. The molecule has 1 aliphatic rings. The van der Waals surface area contributed by atoms with E-state index in [1.165, 1.54) is 11.3 Å². The van der Waals surface area contributed by atoms with Crippen molar-refractivity contribution in [2.45, 2.75) is 12.8 Å². The molecule has 0 N–H and O–H groups in total. The molecule has 0 unspecified atom stereocenters. The van der Waals surface area contributed by atoms with Crippen LogP contribution < -0.4 is 4.90 Å². The van der Waals surface area contributed by atoms with Crippen molar-refractivity contribution in [1.29, 1.82) is 5.26 Å². The van der Waals surface area contributed by atoms with E-state index in [4.69, 9.17) is 5.26 Å². The average molecular weight is 199 g/mol. The number of aromatic nitrogens is 1. The largest absolute Gasteiger partial charge is 0.370 e. The zero-order valence-electron chi connectivity index (χ0n) is 8.56. The van der Waals surface area contributed by atoms with Gasteiger partial charge in [-0.15, -0.1) is 0 Å². The first-order valence-corrected chi connectivity index (χ1v) is 5.12. The van der Waals surface area contributed by atoms with Crippen LogP contribution in [0.2, 0.25) is 0 Å². The van der Waals surface area contributed by atoms with E-state index in [1.807, 2.05) is 12.3 Å². The van der Waals surface area contributed by atoms with Crippen LogP contribution in [0.25, 0.3) is 0 Å². The van der Waals surface area contributed by atoms with Gasteiger partial charge in [0.15, 0.2) is 0 Å². The fraction of sp³-hybridized carbons (Fsp3) is 0.333. The highest BCUT2D eigenvalue weighted by molar-refractivity contribution is 5.45. The van der Waals surface area contributed by atoms with Gasteiger partial charge in [-0.05, 0) is 25.0 Å². The van der Waals surface area contributed by atoms with Crippen LogP contribution >= 0.6 is 0 Å². The second-order valence-electron chi connectivity index (χ2n) is 3.63. The minimum Gasteiger partial charge on any atom is -0.370 e. The smallest absolute Gasteiger partial charge is 0.0911 e. The first-order valence-electron chi connectivity index (χ1n) is 5.12. The number of hydrogen-bond acceptors (Lipinski definition) is 3. The van der Waals surface area contributed by atoms with E-state index in [9.17, 15) is 0 Å². The van der Waals surface area contributed by atoms with Crippen LogP contribution in [0.15, 0.2) is 36.2 Å². The van der Waals surface area contributed by atoms with Crippen LogP contribution in [0.4, 0.5) is 5.69 Å². The molecular weight excluding hydrogens is 186 g/mol. The van der Waals surface area contributed by atoms with Gasteiger partial charge in [0.05, 0.1) is 18.0 Å². The second kappa shape index (κ2) is 4.61. The Kier molecular flexibility index (Phi) is 2.99. The summed E-state index contributed by atoms with van der Waals surface area (Å²) in [6.45, 7) is 1.97. The molecule has 15 heavy (non-hydrogen) atoms. The molecule has 0 amide bonds. The molecule has 2 heterocycles. The van der Waals surface area contributed by atoms with Gasteiger partial charge in [0.2, 0.25) is 0 Å². The first kappa shape index (κ1) is 9.72. The van der Waals surface area contributed by atoms with Crippen LogP contribution in [-0.2, 0) is 0 Å². The summed E-state index contributed by atoms with van der Waals surface area (Å²) in [5.74, 6) is 0. The standard InChI is InChI=1S/C12H13N3/c13-6-3-11-4-8-15(9-5-11)12-2-1-7-14-10-12/h1-3,7,10H,4-5,8-9H2. The van der Waals surface area contributed by atoms with E-state index >= 15 is 0 Å². The van der Waals surface area contributed by atoms with Crippen molar-refractivity contribution in [2.75, 3.05) is 18.0 Å². The predicted molar refractivity (Wildman–Crippen MR) is 59.4 cm³/mol. The van der Waals surface area contributed by atoms with E-state index in [0.29, 0.717) is 0 Å². The highest BCUT2D eigenvalue weighted by atomic mass is 15.1. The Hall–Kier alpha value is -1.82. The molecule has 0 aliphatic carbocycles. The van der Waals surface area contributed by atoms with E-state index in [1.54, 1.807) is 12.3 Å². The predicted octanol–water partition coefficient (Wildman–Crippen LogP) is 2.13. The Labute approximate surface area is 89.7 Å². The van der Waals surface area contributed by atoms with E-state index in [0.717, 1.165) is 25.9 Å². The molecule has 0 spiro atoms. The Morgan fingerprint density at radius 3 is 2.80 bits per heavy atom. The Morgan fingerprint density at radius 1 is 1.40 bits per heavy atom. The monoisotopic (exact) mass is 199 g/mol. The number of pyridine rings is 1. The SMILES string of the molecule is N#CC=C1CCN(c2cccnc2)CC1. The summed E-state index contributed by atoms with van der Waals surface area (Å²) in [6.07, 6.45) is 7.33. The molecule has 1 saturated heterocycles. The fourth-order valence-electron chi connectivity index (χ4n) is 1.83. The minimum atomic E-state index is 0.985. The molecule has 1 aromatic heterocycles. The van der Waals surface area contributed by atoms with E-state index in [-0.39, 0.29) is 0 Å². The van der Waals surface area contributed by atoms with Gasteiger partial charge in [-0.1, -0.05) is 5.57 Å². The van der Waals surface area contributed by atoms with Crippen molar-refractivity contribution < 1.29 is 0 Å². The van der Waals surface area contributed by atoms with Gasteiger partial charge in [-0.3, -0.25) is 4.98 Å². The number of nitrogens with zero attached hydrogens (tertiary/aromatic N) is 3. The maximum absolute atomic E-state index is 8.55. The van der Waals surface area contributed by atoms with Crippen molar-refractivity contribution >= 4 is 5.69 Å². The summed E-state index contributed by atoms with van der Waals surface area (Å²) in [7, 11) is 0.